The summed E-state index contributed by atoms with van der Waals surface area (Å²) < 4.78 is 57.3. The van der Waals surface area contributed by atoms with Crippen LogP contribution in [-0.2, 0) is 21.4 Å². The predicted octanol–water partition coefficient (Wildman–Crippen LogP) is 1.55. The van der Waals surface area contributed by atoms with Crippen LogP contribution in [0.15, 0.2) is 27.5 Å². The predicted molar refractivity (Wildman–Crippen MR) is 84.0 cm³/mol. The average Bonchev–Trinajstić information content (AvgIpc) is 2.86. The summed E-state index contributed by atoms with van der Waals surface area (Å²) in [6, 6.07) is 2.23. The zero-order valence-corrected chi connectivity index (χ0v) is 14.4. The Kier molecular flexibility index (Phi) is 5.85. The van der Waals surface area contributed by atoms with Crippen molar-refractivity contribution < 1.29 is 26.4 Å². The fourth-order valence-corrected chi connectivity index (χ4v) is 2.95. The van der Waals surface area contributed by atoms with Crippen molar-refractivity contribution in [2.24, 2.45) is 0 Å². The first-order valence-corrected chi connectivity index (χ1v) is 8.81. The van der Waals surface area contributed by atoms with E-state index in [4.69, 9.17) is 4.42 Å². The Morgan fingerprint density at radius 3 is 2.56 bits per heavy atom. The second kappa shape index (κ2) is 7.70. The summed E-state index contributed by atoms with van der Waals surface area (Å²) in [6.07, 6.45) is -0.137. The van der Waals surface area contributed by atoms with Gasteiger partial charge in [-0.2, -0.15) is 0 Å². The number of benzene rings is 1. The van der Waals surface area contributed by atoms with Crippen molar-refractivity contribution >= 4 is 15.9 Å². The van der Waals surface area contributed by atoms with E-state index in [2.05, 4.69) is 15.0 Å². The fraction of sp³-hybridized carbons (Fsp3) is 0.333. The number of hydrogen-bond acceptors (Lipinski definition) is 5. The highest BCUT2D eigenvalue weighted by atomic mass is 32.2. The van der Waals surface area contributed by atoms with E-state index in [0.29, 0.717) is 17.7 Å². The molecular formula is C15H17F2N3O4S. The largest absolute Gasteiger partial charge is 0.444 e. The topological polar surface area (TPSA) is 101 Å². The van der Waals surface area contributed by atoms with Crippen molar-refractivity contribution in [3.05, 3.63) is 47.2 Å². The summed E-state index contributed by atoms with van der Waals surface area (Å²) in [7, 11) is -4.03. The number of nitrogens with zero attached hydrogens (tertiary/aromatic N) is 1. The van der Waals surface area contributed by atoms with Gasteiger partial charge in [-0.25, -0.2) is 26.9 Å². The number of carbonyl (C=O) groups excluding carboxylic acids is 1. The molecule has 0 aliphatic heterocycles. The van der Waals surface area contributed by atoms with Crippen LogP contribution >= 0.6 is 0 Å². The Morgan fingerprint density at radius 2 is 1.96 bits per heavy atom. The minimum Gasteiger partial charge on any atom is -0.444 e. The molecule has 25 heavy (non-hydrogen) atoms. The number of halogens is 2. The number of amides is 1. The zero-order chi connectivity index (χ0) is 18.6. The minimum absolute atomic E-state index is 0.0867. The number of rotatable bonds is 7. The van der Waals surface area contributed by atoms with Gasteiger partial charge in [0.15, 0.2) is 11.6 Å². The van der Waals surface area contributed by atoms with Crippen LogP contribution in [0.3, 0.4) is 0 Å². The molecule has 0 spiro atoms. The van der Waals surface area contributed by atoms with Crippen LogP contribution in [0.1, 0.15) is 23.8 Å². The van der Waals surface area contributed by atoms with Crippen molar-refractivity contribution in [3.63, 3.8) is 0 Å². The van der Waals surface area contributed by atoms with Gasteiger partial charge < -0.3 is 9.73 Å². The molecule has 0 aliphatic rings. The van der Waals surface area contributed by atoms with Gasteiger partial charge in [-0.15, -0.1) is 0 Å². The third kappa shape index (κ3) is 5.07. The molecule has 0 aliphatic carbocycles. The lowest BCUT2D eigenvalue weighted by atomic mass is 10.3. The first-order valence-electron chi connectivity index (χ1n) is 7.33. The minimum atomic E-state index is -4.03. The summed E-state index contributed by atoms with van der Waals surface area (Å²) in [6.45, 7) is 3.41. The first kappa shape index (κ1) is 19.0. The van der Waals surface area contributed by atoms with Crippen molar-refractivity contribution in [1.82, 2.24) is 15.0 Å². The molecule has 2 N–H and O–H groups in total. The fourth-order valence-electron chi connectivity index (χ4n) is 1.90. The van der Waals surface area contributed by atoms with E-state index in [0.717, 1.165) is 17.8 Å². The molecule has 0 bridgehead atoms. The number of aromatic nitrogens is 1. The van der Waals surface area contributed by atoms with E-state index in [1.54, 1.807) is 13.8 Å². The molecule has 1 heterocycles. The number of nitrogens with one attached hydrogen (secondary N) is 2. The normalized spacial score (nSPS) is 11.5. The van der Waals surface area contributed by atoms with E-state index in [1.165, 1.54) is 0 Å². The Balaban J connectivity index is 1.82. The summed E-state index contributed by atoms with van der Waals surface area (Å²) in [4.78, 5) is 15.4. The molecule has 0 fully saturated rings. The van der Waals surface area contributed by atoms with Crippen LogP contribution in [0.2, 0.25) is 0 Å². The molecule has 0 saturated carbocycles. The molecule has 1 amide bonds. The van der Waals surface area contributed by atoms with E-state index in [1.807, 2.05) is 0 Å². The van der Waals surface area contributed by atoms with Gasteiger partial charge in [-0.05, 0) is 32.0 Å². The van der Waals surface area contributed by atoms with Gasteiger partial charge >= 0.3 is 0 Å². The van der Waals surface area contributed by atoms with Crippen LogP contribution in [0, 0.1) is 25.5 Å². The number of hydrogen-bond donors (Lipinski definition) is 2. The molecule has 0 radical (unpaired) electrons. The third-order valence-electron chi connectivity index (χ3n) is 3.36. The highest BCUT2D eigenvalue weighted by molar-refractivity contribution is 7.89. The molecule has 136 valence electrons. The maximum absolute atomic E-state index is 13.1. The molecule has 1 aromatic carbocycles. The summed E-state index contributed by atoms with van der Waals surface area (Å²) in [5.74, 6) is -1.82. The highest BCUT2D eigenvalue weighted by Gasteiger charge is 2.16. The van der Waals surface area contributed by atoms with Crippen LogP contribution in [-0.4, -0.2) is 25.9 Å². The lowest BCUT2D eigenvalue weighted by molar-refractivity contribution is -0.121. The van der Waals surface area contributed by atoms with E-state index >= 15 is 0 Å². The lowest BCUT2D eigenvalue weighted by Gasteiger charge is -2.07. The second-order valence-corrected chi connectivity index (χ2v) is 7.02. The molecule has 0 atom stereocenters. The number of aryl methyl sites for hydroxylation is 2. The monoisotopic (exact) mass is 373 g/mol. The van der Waals surface area contributed by atoms with Gasteiger partial charge in [-0.1, -0.05) is 0 Å². The van der Waals surface area contributed by atoms with Gasteiger partial charge in [0.05, 0.1) is 17.1 Å². The molecule has 0 unspecified atom stereocenters. The highest BCUT2D eigenvalue weighted by Crippen LogP contribution is 2.13. The summed E-state index contributed by atoms with van der Waals surface area (Å²) in [5.41, 5.74) is 0.725. The number of sulfonamides is 1. The van der Waals surface area contributed by atoms with Crippen LogP contribution in [0.5, 0.6) is 0 Å². The molecule has 7 nitrogen and oxygen atoms in total. The summed E-state index contributed by atoms with van der Waals surface area (Å²) in [5, 5.41) is 2.54. The second-order valence-electron chi connectivity index (χ2n) is 5.25. The molecular weight excluding hydrogens is 356 g/mol. The lowest BCUT2D eigenvalue weighted by Crippen LogP contribution is -2.30. The van der Waals surface area contributed by atoms with Crippen molar-refractivity contribution in [2.45, 2.75) is 31.7 Å². The van der Waals surface area contributed by atoms with Crippen LogP contribution in [0.25, 0.3) is 0 Å². The third-order valence-corrected chi connectivity index (χ3v) is 4.81. The van der Waals surface area contributed by atoms with Gasteiger partial charge in [0.1, 0.15) is 5.76 Å². The van der Waals surface area contributed by atoms with Gasteiger partial charge in [0.2, 0.25) is 21.8 Å². The molecule has 0 saturated heterocycles. The maximum atomic E-state index is 13.1. The van der Waals surface area contributed by atoms with E-state index < -0.39 is 32.5 Å². The standard InChI is InChI=1S/C15H17F2N3O4S/c1-9-10(2)24-15(20-9)8-18-14(21)5-6-19-25(22,23)11-3-4-12(16)13(17)7-11/h3-4,7,19H,5-6,8H2,1-2H3,(H,18,21). The van der Waals surface area contributed by atoms with Gasteiger partial charge in [0.25, 0.3) is 0 Å². The van der Waals surface area contributed by atoms with Gasteiger partial charge in [0, 0.05) is 13.0 Å². The average molecular weight is 373 g/mol. The van der Waals surface area contributed by atoms with Crippen molar-refractivity contribution in [1.29, 1.82) is 0 Å². The maximum Gasteiger partial charge on any atom is 0.240 e. The zero-order valence-electron chi connectivity index (χ0n) is 13.6. The van der Waals surface area contributed by atoms with E-state index in [-0.39, 0.29) is 19.5 Å². The quantitative estimate of drug-likeness (QED) is 0.767. The van der Waals surface area contributed by atoms with Crippen LogP contribution < -0.4 is 10.0 Å². The Labute approximate surface area is 143 Å². The Morgan fingerprint density at radius 1 is 1.24 bits per heavy atom. The van der Waals surface area contributed by atoms with Crippen molar-refractivity contribution in [2.75, 3.05) is 6.54 Å². The van der Waals surface area contributed by atoms with Crippen molar-refractivity contribution in [3.8, 4) is 0 Å². The number of oxazole rings is 1. The van der Waals surface area contributed by atoms with Gasteiger partial charge in [-0.3, -0.25) is 4.79 Å². The Hall–Kier alpha value is -2.33. The smallest absolute Gasteiger partial charge is 0.240 e. The summed E-state index contributed by atoms with van der Waals surface area (Å²) >= 11 is 0. The first-order chi connectivity index (χ1) is 11.7. The Bertz CT molecular complexity index is 861. The van der Waals surface area contributed by atoms with E-state index in [9.17, 15) is 22.0 Å². The molecule has 2 rings (SSSR count). The molecule has 1 aromatic heterocycles. The molecule has 2 aromatic rings. The van der Waals surface area contributed by atoms with Crippen LogP contribution in [0.4, 0.5) is 8.78 Å². The SMILES string of the molecule is Cc1nc(CNC(=O)CCNS(=O)(=O)c2ccc(F)c(F)c2)oc1C. The molecule has 10 heteroatoms. The number of carbonyl (C=O) groups is 1.